The lowest BCUT2D eigenvalue weighted by molar-refractivity contribution is -0.0348. The van der Waals surface area contributed by atoms with Crippen molar-refractivity contribution in [2.75, 3.05) is 19.6 Å². The van der Waals surface area contributed by atoms with Crippen LogP contribution in [-0.2, 0) is 11.2 Å². The largest absolute Gasteiger partial charge is 0.445 e. The van der Waals surface area contributed by atoms with E-state index in [1.54, 1.807) is 6.92 Å². The quantitative estimate of drug-likeness (QED) is 0.735. The van der Waals surface area contributed by atoms with Gasteiger partial charge in [0.05, 0.1) is 6.04 Å². The highest BCUT2D eigenvalue weighted by atomic mass is 19.1. The molecule has 1 amide bonds. The van der Waals surface area contributed by atoms with Crippen LogP contribution in [0.5, 0.6) is 0 Å². The molecule has 3 fully saturated rings. The zero-order chi connectivity index (χ0) is 21.8. The third kappa shape index (κ3) is 3.84. The Bertz CT molecular complexity index is 1010. The van der Waals surface area contributed by atoms with Crippen LogP contribution in [0.15, 0.2) is 36.4 Å². The number of hydrogen-bond donors (Lipinski definition) is 1. The molecule has 3 heterocycles. The first-order chi connectivity index (χ1) is 14.8. The highest BCUT2D eigenvalue weighted by Crippen LogP contribution is 2.46. The Hall–Kier alpha value is -2.40. The van der Waals surface area contributed by atoms with Gasteiger partial charge in [0.2, 0.25) is 0 Å². The van der Waals surface area contributed by atoms with Crippen molar-refractivity contribution in [3.8, 4) is 11.1 Å². The van der Waals surface area contributed by atoms with Crippen molar-refractivity contribution in [1.29, 1.82) is 0 Å². The molecule has 1 unspecified atom stereocenters. The predicted octanol–water partition coefficient (Wildman–Crippen LogP) is 5.24. The number of nitrogens with one attached hydrogen (secondary N) is 1. The Balaban J connectivity index is 1.33. The lowest BCUT2D eigenvalue weighted by Gasteiger charge is -2.44. The number of piperidine rings is 3. The summed E-state index contributed by atoms with van der Waals surface area (Å²) >= 11 is 0. The van der Waals surface area contributed by atoms with Gasteiger partial charge in [0.25, 0.3) is 0 Å². The molecule has 1 N–H and O–H groups in total. The number of benzene rings is 2. The van der Waals surface area contributed by atoms with E-state index in [0.29, 0.717) is 11.5 Å². The average molecular weight is 423 g/mol. The molecule has 0 aromatic heterocycles. The van der Waals surface area contributed by atoms with Crippen LogP contribution in [0, 0.1) is 24.1 Å². The number of alkyl carbamates (subject to hydrolysis) is 1. The number of nitrogens with zero attached hydrogens (tertiary/aromatic N) is 1. The monoisotopic (exact) mass is 422 g/mol. The third-order valence-corrected chi connectivity index (χ3v) is 7.49. The molecule has 31 heavy (non-hydrogen) atoms. The molecule has 3 saturated heterocycles. The average Bonchev–Trinajstić information content (AvgIpc) is 2.99. The van der Waals surface area contributed by atoms with Crippen molar-refractivity contribution in [3.05, 3.63) is 58.9 Å². The zero-order valence-corrected chi connectivity index (χ0v) is 18.6. The van der Waals surface area contributed by atoms with Crippen molar-refractivity contribution < 1.29 is 13.9 Å². The molecule has 5 heteroatoms. The zero-order valence-electron chi connectivity index (χ0n) is 18.6. The molecule has 2 atom stereocenters. The molecule has 1 aliphatic carbocycles. The summed E-state index contributed by atoms with van der Waals surface area (Å²) in [6.45, 7) is 9.29. The number of carbonyl (C=O) groups is 1. The summed E-state index contributed by atoms with van der Waals surface area (Å²) < 4.78 is 19.6. The van der Waals surface area contributed by atoms with E-state index in [0.717, 1.165) is 55.6 Å². The van der Waals surface area contributed by atoms with Gasteiger partial charge in [-0.15, -0.1) is 0 Å². The summed E-state index contributed by atoms with van der Waals surface area (Å²) in [5.74, 6) is 0.318. The molecule has 6 rings (SSSR count). The maximum absolute atomic E-state index is 13.7. The highest BCUT2D eigenvalue weighted by molar-refractivity contribution is 5.70. The molecular weight excluding hydrogens is 391 g/mol. The van der Waals surface area contributed by atoms with Gasteiger partial charge in [0, 0.05) is 6.54 Å². The Labute approximate surface area is 183 Å². The van der Waals surface area contributed by atoms with E-state index in [-0.39, 0.29) is 29.5 Å². The van der Waals surface area contributed by atoms with Crippen molar-refractivity contribution in [2.45, 2.75) is 52.2 Å². The van der Waals surface area contributed by atoms with Gasteiger partial charge in [-0.2, -0.15) is 0 Å². The molecule has 2 bridgehead atoms. The fourth-order valence-electron chi connectivity index (χ4n) is 5.66. The van der Waals surface area contributed by atoms with Crippen LogP contribution in [0.4, 0.5) is 9.18 Å². The fraction of sp³-hybridized carbons (Fsp3) is 0.500. The molecular formula is C26H31FN2O2. The number of fused-ring (bicyclic) bond motifs is 4. The molecule has 0 spiro atoms. The molecule has 4 aliphatic rings. The predicted molar refractivity (Wildman–Crippen MR) is 119 cm³/mol. The molecule has 0 radical (unpaired) electrons. The maximum Gasteiger partial charge on any atom is 0.407 e. The van der Waals surface area contributed by atoms with Gasteiger partial charge in [0.1, 0.15) is 11.9 Å². The first-order valence-electron chi connectivity index (χ1n) is 11.4. The van der Waals surface area contributed by atoms with Crippen molar-refractivity contribution in [1.82, 2.24) is 10.2 Å². The van der Waals surface area contributed by atoms with E-state index in [1.807, 2.05) is 12.1 Å². The number of amides is 1. The standard InChI is InChI=1S/C26H31FN2O2/c1-16-12-18(5-7-22(16)27)19-4-6-21-20(13-19)14-26(2,3)24(21)28-25(30)31-23-15-29-10-8-17(23)9-11-29/h4-7,12-13,17,23-24H,8-11,14-15H2,1-3H3,(H,28,30)/t23-,24?/m0/s1. The van der Waals surface area contributed by atoms with E-state index < -0.39 is 0 Å². The number of ether oxygens (including phenoxy) is 1. The molecule has 164 valence electrons. The Morgan fingerprint density at radius 2 is 1.84 bits per heavy atom. The summed E-state index contributed by atoms with van der Waals surface area (Å²) in [6, 6.07) is 11.5. The van der Waals surface area contributed by atoms with Crippen molar-refractivity contribution in [3.63, 3.8) is 0 Å². The minimum atomic E-state index is -0.303. The lowest BCUT2D eigenvalue weighted by Crippen LogP contribution is -2.53. The summed E-state index contributed by atoms with van der Waals surface area (Å²) in [5, 5.41) is 3.18. The Morgan fingerprint density at radius 3 is 2.52 bits per heavy atom. The van der Waals surface area contributed by atoms with E-state index in [1.165, 1.54) is 11.6 Å². The minimum Gasteiger partial charge on any atom is -0.445 e. The summed E-state index contributed by atoms with van der Waals surface area (Å²) in [4.78, 5) is 15.2. The SMILES string of the molecule is Cc1cc(-c2ccc3c(c2)CC(C)(C)C3NC(=O)O[C@H]2CN3CCC2CC3)ccc1F. The second-order valence-corrected chi connectivity index (χ2v) is 10.2. The highest BCUT2D eigenvalue weighted by Gasteiger charge is 2.42. The van der Waals surface area contributed by atoms with Gasteiger partial charge in [-0.05, 0) is 90.6 Å². The van der Waals surface area contributed by atoms with Gasteiger partial charge in [-0.1, -0.05) is 38.1 Å². The lowest BCUT2D eigenvalue weighted by atomic mass is 9.85. The minimum absolute atomic E-state index is 0.00979. The number of rotatable bonds is 3. The first kappa shape index (κ1) is 20.5. The summed E-state index contributed by atoms with van der Waals surface area (Å²) in [6.07, 6.45) is 2.84. The number of aryl methyl sites for hydroxylation is 1. The fourth-order valence-corrected chi connectivity index (χ4v) is 5.66. The van der Waals surface area contributed by atoms with Gasteiger partial charge < -0.3 is 10.1 Å². The van der Waals surface area contributed by atoms with Gasteiger partial charge >= 0.3 is 6.09 Å². The first-order valence-corrected chi connectivity index (χ1v) is 11.4. The van der Waals surface area contributed by atoms with Crippen LogP contribution in [-0.4, -0.2) is 36.7 Å². The smallest absolute Gasteiger partial charge is 0.407 e. The van der Waals surface area contributed by atoms with Crippen LogP contribution < -0.4 is 5.32 Å². The second-order valence-electron chi connectivity index (χ2n) is 10.2. The molecule has 2 aromatic rings. The van der Waals surface area contributed by atoms with Gasteiger partial charge in [0.15, 0.2) is 0 Å². The maximum atomic E-state index is 13.7. The summed E-state index contributed by atoms with van der Waals surface area (Å²) in [7, 11) is 0. The van der Waals surface area contributed by atoms with Crippen LogP contribution in [0.1, 0.15) is 49.4 Å². The Kier molecular flexibility index (Phi) is 5.04. The topological polar surface area (TPSA) is 41.6 Å². The molecule has 0 saturated carbocycles. The third-order valence-electron chi connectivity index (χ3n) is 7.49. The van der Waals surface area contributed by atoms with Gasteiger partial charge in [-0.25, -0.2) is 9.18 Å². The van der Waals surface area contributed by atoms with E-state index >= 15 is 0 Å². The van der Waals surface area contributed by atoms with Gasteiger partial charge in [-0.3, -0.25) is 4.90 Å². The van der Waals surface area contributed by atoms with E-state index in [4.69, 9.17) is 4.74 Å². The Morgan fingerprint density at radius 1 is 1.13 bits per heavy atom. The molecule has 2 aromatic carbocycles. The van der Waals surface area contributed by atoms with E-state index in [9.17, 15) is 9.18 Å². The van der Waals surface area contributed by atoms with Crippen LogP contribution in [0.3, 0.4) is 0 Å². The van der Waals surface area contributed by atoms with Crippen molar-refractivity contribution in [2.24, 2.45) is 11.3 Å². The van der Waals surface area contributed by atoms with Crippen LogP contribution >= 0.6 is 0 Å². The summed E-state index contributed by atoms with van der Waals surface area (Å²) in [5.41, 5.74) is 5.02. The number of hydrogen-bond acceptors (Lipinski definition) is 3. The number of carbonyl (C=O) groups excluding carboxylic acids is 1. The van der Waals surface area contributed by atoms with E-state index in [2.05, 4.69) is 42.3 Å². The van der Waals surface area contributed by atoms with Crippen LogP contribution in [0.2, 0.25) is 0 Å². The van der Waals surface area contributed by atoms with Crippen molar-refractivity contribution >= 4 is 6.09 Å². The molecule has 3 aliphatic heterocycles. The second kappa shape index (κ2) is 7.63. The molecule has 4 nitrogen and oxygen atoms in total. The van der Waals surface area contributed by atoms with Crippen LogP contribution in [0.25, 0.3) is 11.1 Å². The normalized spacial score (nSPS) is 28.3. The number of halogens is 1.